The maximum Gasteiger partial charge on any atom is 0.248 e. The van der Waals surface area contributed by atoms with Crippen LogP contribution in [0.3, 0.4) is 0 Å². The first-order valence-electron chi connectivity index (χ1n) is 11.8. The minimum absolute atomic E-state index is 0.0259. The molecular formula is C25H25BrN6O3. The quantitative estimate of drug-likeness (QED) is 0.483. The number of pyridine rings is 1. The van der Waals surface area contributed by atoms with Crippen molar-refractivity contribution in [2.45, 2.75) is 51.7 Å². The molecule has 2 fully saturated rings. The number of Topliss-reactive ketones (excluding diaryl/α,β-unsaturated/α-hetero) is 1. The van der Waals surface area contributed by atoms with Crippen molar-refractivity contribution < 1.29 is 14.4 Å². The fourth-order valence-electron chi connectivity index (χ4n) is 5.59. The molecule has 2 aromatic heterocycles. The number of para-hydroxylation sites is 1. The van der Waals surface area contributed by atoms with Crippen LogP contribution in [0.2, 0.25) is 0 Å². The molecule has 35 heavy (non-hydrogen) atoms. The number of halogens is 1. The Labute approximate surface area is 210 Å². The Morgan fingerprint density at radius 1 is 1.26 bits per heavy atom. The van der Waals surface area contributed by atoms with E-state index in [0.717, 1.165) is 46.0 Å². The van der Waals surface area contributed by atoms with Crippen LogP contribution in [-0.4, -0.2) is 55.9 Å². The van der Waals surface area contributed by atoms with E-state index in [0.29, 0.717) is 17.9 Å². The molecule has 1 aliphatic carbocycles. The third-order valence-electron chi connectivity index (χ3n) is 7.54. The summed E-state index contributed by atoms with van der Waals surface area (Å²) in [6.07, 6.45) is 4.16. The Kier molecular flexibility index (Phi) is 5.00. The molecule has 2 aliphatic heterocycles. The third-order valence-corrected chi connectivity index (χ3v) is 8.31. The lowest BCUT2D eigenvalue weighted by molar-refractivity contribution is -0.138. The molecule has 3 aromatic rings. The van der Waals surface area contributed by atoms with E-state index in [4.69, 9.17) is 0 Å². The number of likely N-dealkylation sites (tertiary alicyclic amines) is 1. The van der Waals surface area contributed by atoms with Gasteiger partial charge in [0.25, 0.3) is 0 Å². The largest absolute Gasteiger partial charge is 0.383 e. The average Bonchev–Trinajstić information content (AvgIpc) is 3.20. The van der Waals surface area contributed by atoms with Crippen molar-refractivity contribution in [2.24, 2.45) is 5.41 Å². The van der Waals surface area contributed by atoms with Gasteiger partial charge >= 0.3 is 0 Å². The number of carbonyl (C=O) groups excluding carboxylic acids is 3. The molecule has 2 amide bonds. The second-order valence-corrected chi connectivity index (χ2v) is 10.8. The van der Waals surface area contributed by atoms with Gasteiger partial charge in [-0.05, 0) is 52.2 Å². The Morgan fingerprint density at radius 3 is 2.86 bits per heavy atom. The predicted molar refractivity (Wildman–Crippen MR) is 134 cm³/mol. The maximum atomic E-state index is 13.6. The number of hydrogen-bond donors (Lipinski definition) is 2. The molecule has 1 aromatic carbocycles. The van der Waals surface area contributed by atoms with Gasteiger partial charge in [-0.15, -0.1) is 0 Å². The van der Waals surface area contributed by atoms with Crippen LogP contribution in [0.15, 0.2) is 34.9 Å². The summed E-state index contributed by atoms with van der Waals surface area (Å²) in [4.78, 5) is 45.2. The van der Waals surface area contributed by atoms with Crippen LogP contribution in [0.1, 0.15) is 42.7 Å². The minimum Gasteiger partial charge on any atom is -0.383 e. The lowest BCUT2D eigenvalue weighted by Crippen LogP contribution is -2.46. The van der Waals surface area contributed by atoms with E-state index in [1.165, 1.54) is 6.92 Å². The molecule has 10 heteroatoms. The van der Waals surface area contributed by atoms with Gasteiger partial charge in [-0.1, -0.05) is 25.1 Å². The monoisotopic (exact) mass is 536 g/mol. The number of nitrogens with zero attached hydrogens (tertiary/aromatic N) is 4. The SMILES string of the molecule is CC(=O)c1nn(CC(=O)N2[C@H](C(=O)Nc3ncc4c(c3Br)NCC4)C[C@@]3(C)C[C@@H]23)c2ccccc12. The van der Waals surface area contributed by atoms with Crippen molar-refractivity contribution in [2.75, 3.05) is 17.2 Å². The summed E-state index contributed by atoms with van der Waals surface area (Å²) < 4.78 is 2.30. The summed E-state index contributed by atoms with van der Waals surface area (Å²) >= 11 is 3.57. The van der Waals surface area contributed by atoms with Crippen molar-refractivity contribution in [3.63, 3.8) is 0 Å². The fourth-order valence-corrected chi connectivity index (χ4v) is 6.19. The first-order chi connectivity index (χ1) is 16.8. The zero-order valence-electron chi connectivity index (χ0n) is 19.5. The van der Waals surface area contributed by atoms with Gasteiger partial charge in [-0.3, -0.25) is 19.1 Å². The minimum atomic E-state index is -0.588. The average molecular weight is 537 g/mol. The van der Waals surface area contributed by atoms with Gasteiger partial charge in [0.05, 0.1) is 15.7 Å². The van der Waals surface area contributed by atoms with Crippen molar-refractivity contribution >= 4 is 55.9 Å². The maximum absolute atomic E-state index is 13.6. The van der Waals surface area contributed by atoms with E-state index in [2.05, 4.69) is 43.6 Å². The van der Waals surface area contributed by atoms with Crippen LogP contribution in [-0.2, 0) is 22.6 Å². The molecule has 0 radical (unpaired) electrons. The van der Waals surface area contributed by atoms with Crippen molar-refractivity contribution in [3.8, 4) is 0 Å². The summed E-state index contributed by atoms with van der Waals surface area (Å²) in [5, 5.41) is 11.4. The number of hydrogen-bond acceptors (Lipinski definition) is 6. The number of fused-ring (bicyclic) bond motifs is 3. The number of ketones is 1. The lowest BCUT2D eigenvalue weighted by atomic mass is 10.0. The second kappa shape index (κ2) is 7.87. The van der Waals surface area contributed by atoms with Gasteiger partial charge in [0.2, 0.25) is 11.8 Å². The van der Waals surface area contributed by atoms with Crippen LogP contribution in [0.5, 0.6) is 0 Å². The molecule has 1 saturated heterocycles. The van der Waals surface area contributed by atoms with Gasteiger partial charge in [0, 0.05) is 31.1 Å². The molecule has 180 valence electrons. The summed E-state index contributed by atoms with van der Waals surface area (Å²) in [5.41, 5.74) is 3.08. The Morgan fingerprint density at radius 2 is 2.06 bits per heavy atom. The lowest BCUT2D eigenvalue weighted by Gasteiger charge is -2.27. The van der Waals surface area contributed by atoms with E-state index in [1.807, 2.05) is 24.3 Å². The molecule has 1 saturated carbocycles. The van der Waals surface area contributed by atoms with Crippen LogP contribution < -0.4 is 10.6 Å². The van der Waals surface area contributed by atoms with Gasteiger partial charge in [-0.25, -0.2) is 4.98 Å². The van der Waals surface area contributed by atoms with Crippen molar-refractivity contribution in [1.82, 2.24) is 19.7 Å². The second-order valence-electron chi connectivity index (χ2n) is 9.96. The molecule has 3 atom stereocenters. The summed E-state index contributed by atoms with van der Waals surface area (Å²) in [6, 6.07) is 6.83. The molecule has 0 bridgehead atoms. The molecule has 0 spiro atoms. The Balaban J connectivity index is 1.26. The van der Waals surface area contributed by atoms with Gasteiger partial charge in [0.15, 0.2) is 5.78 Å². The molecule has 2 N–H and O–H groups in total. The highest BCUT2D eigenvalue weighted by Crippen LogP contribution is 2.59. The molecule has 4 heterocycles. The number of rotatable bonds is 5. The molecule has 9 nitrogen and oxygen atoms in total. The van der Waals surface area contributed by atoms with E-state index >= 15 is 0 Å². The Hall–Kier alpha value is -3.27. The number of amides is 2. The van der Waals surface area contributed by atoms with E-state index in [1.54, 1.807) is 15.8 Å². The van der Waals surface area contributed by atoms with Crippen molar-refractivity contribution in [1.29, 1.82) is 0 Å². The first-order valence-corrected chi connectivity index (χ1v) is 12.6. The Bertz CT molecular complexity index is 1420. The smallest absolute Gasteiger partial charge is 0.248 e. The predicted octanol–water partition coefficient (Wildman–Crippen LogP) is 3.38. The summed E-state index contributed by atoms with van der Waals surface area (Å²) in [6.45, 7) is 4.40. The van der Waals surface area contributed by atoms with Gasteiger partial charge < -0.3 is 15.5 Å². The molecule has 0 unspecified atom stereocenters. The zero-order valence-corrected chi connectivity index (χ0v) is 21.1. The zero-order chi connectivity index (χ0) is 24.5. The molecule has 6 rings (SSSR count). The fraction of sp³-hybridized carbons (Fsp3) is 0.400. The van der Waals surface area contributed by atoms with Crippen molar-refractivity contribution in [3.05, 3.63) is 46.2 Å². The summed E-state index contributed by atoms with van der Waals surface area (Å²) in [5.74, 6) is -0.122. The van der Waals surface area contributed by atoms with Crippen LogP contribution >= 0.6 is 15.9 Å². The molecule has 3 aliphatic rings. The van der Waals surface area contributed by atoms with Crippen LogP contribution in [0.25, 0.3) is 10.9 Å². The van der Waals surface area contributed by atoms with Crippen LogP contribution in [0.4, 0.5) is 11.5 Å². The highest BCUT2D eigenvalue weighted by atomic mass is 79.9. The van der Waals surface area contributed by atoms with Gasteiger partial charge in [0.1, 0.15) is 24.1 Å². The third kappa shape index (κ3) is 3.53. The molecular weight excluding hydrogens is 512 g/mol. The van der Waals surface area contributed by atoms with E-state index in [-0.39, 0.29) is 35.6 Å². The van der Waals surface area contributed by atoms with E-state index < -0.39 is 6.04 Å². The normalized spacial score (nSPS) is 24.1. The number of benzene rings is 1. The van der Waals surface area contributed by atoms with Gasteiger partial charge in [-0.2, -0.15) is 5.10 Å². The first kappa shape index (κ1) is 22.2. The number of carbonyl (C=O) groups is 3. The van der Waals surface area contributed by atoms with E-state index in [9.17, 15) is 14.4 Å². The highest BCUT2D eigenvalue weighted by molar-refractivity contribution is 9.10. The van der Waals surface area contributed by atoms with Crippen LogP contribution in [0, 0.1) is 5.41 Å². The summed E-state index contributed by atoms with van der Waals surface area (Å²) in [7, 11) is 0. The standard InChI is InChI=1S/C25H25BrN6O3/c1-13(33)21-15-5-3-4-6-16(15)31(30-21)12-19(34)32-17(9-25(2)10-18(25)32)24(35)29-23-20(26)22-14(11-28-23)7-8-27-22/h3-6,11,17-18,27H,7-10,12H2,1-2H3,(H,28,29,35)/t17-,18+,25-/m0/s1. The number of nitrogens with one attached hydrogen (secondary N) is 2. The topological polar surface area (TPSA) is 109 Å². The number of anilines is 2. The highest BCUT2D eigenvalue weighted by Gasteiger charge is 2.64. The number of piperidine rings is 1. The number of aromatic nitrogens is 3.